The number of nitrogens with zero attached hydrogens (tertiary/aromatic N) is 2. The van der Waals surface area contributed by atoms with Gasteiger partial charge in [0.15, 0.2) is 5.16 Å². The Balaban J connectivity index is 1.70. The number of para-hydroxylation sites is 1. The fourth-order valence-electron chi connectivity index (χ4n) is 3.86. The van der Waals surface area contributed by atoms with E-state index in [9.17, 15) is 14.4 Å². The van der Waals surface area contributed by atoms with Gasteiger partial charge in [-0.2, -0.15) is 0 Å². The standard InChI is InChI=1S/C23H26N4O3S2/c1-13(2)24-22(30)25-18(28)12-31-23-26-20-19(16-10-9-14(3)11-17(16)32-20)21(29)27(23)15-7-5-4-6-8-15/h4-8,13-14H,9-12H2,1-3H3,(H2,24,25,28,30)/t14-/m0/s1. The summed E-state index contributed by atoms with van der Waals surface area (Å²) in [6, 6.07) is 8.74. The molecular formula is C23H26N4O3S2. The molecule has 1 atom stereocenters. The molecule has 0 bridgehead atoms. The Morgan fingerprint density at radius 1 is 1.28 bits per heavy atom. The number of hydrogen-bond donors (Lipinski definition) is 2. The molecule has 0 spiro atoms. The summed E-state index contributed by atoms with van der Waals surface area (Å²) in [5.41, 5.74) is 1.73. The number of benzene rings is 1. The number of aromatic nitrogens is 2. The average Bonchev–Trinajstić information content (AvgIpc) is 3.09. The van der Waals surface area contributed by atoms with Crippen molar-refractivity contribution in [3.63, 3.8) is 0 Å². The van der Waals surface area contributed by atoms with Gasteiger partial charge < -0.3 is 5.32 Å². The molecule has 1 aromatic carbocycles. The first kappa shape index (κ1) is 22.5. The minimum absolute atomic E-state index is 0.0293. The Bertz CT molecular complexity index is 1220. The highest BCUT2D eigenvalue weighted by atomic mass is 32.2. The second-order valence-corrected chi connectivity index (χ2v) is 10.4. The zero-order valence-corrected chi connectivity index (χ0v) is 19.9. The van der Waals surface area contributed by atoms with Crippen molar-refractivity contribution in [2.45, 2.75) is 51.2 Å². The van der Waals surface area contributed by atoms with Gasteiger partial charge in [0, 0.05) is 10.9 Å². The Hall–Kier alpha value is -2.65. The SMILES string of the molecule is CC(C)NC(=O)NC(=O)CSc1nc2sc3c(c2c(=O)n1-c1ccccc1)CC[C@H](C)C3. The van der Waals surface area contributed by atoms with Crippen molar-refractivity contribution in [2.24, 2.45) is 5.92 Å². The first-order valence-corrected chi connectivity index (χ1v) is 12.5. The molecule has 0 aliphatic heterocycles. The first-order valence-electron chi connectivity index (χ1n) is 10.7. The van der Waals surface area contributed by atoms with Crippen LogP contribution in [0.25, 0.3) is 15.9 Å². The van der Waals surface area contributed by atoms with Crippen molar-refractivity contribution >= 4 is 45.3 Å². The third-order valence-corrected chi connectivity index (χ3v) is 7.40. The predicted molar refractivity (Wildman–Crippen MR) is 129 cm³/mol. The zero-order valence-electron chi connectivity index (χ0n) is 18.3. The number of aryl methyl sites for hydroxylation is 1. The molecule has 3 amide bonds. The third kappa shape index (κ3) is 4.73. The summed E-state index contributed by atoms with van der Waals surface area (Å²) in [5, 5.41) is 6.08. The lowest BCUT2D eigenvalue weighted by Gasteiger charge is -2.17. The average molecular weight is 471 g/mol. The van der Waals surface area contributed by atoms with Crippen LogP contribution in [0.4, 0.5) is 4.79 Å². The van der Waals surface area contributed by atoms with Crippen molar-refractivity contribution < 1.29 is 9.59 Å². The Labute approximate surface area is 194 Å². The largest absolute Gasteiger partial charge is 0.336 e. The van der Waals surface area contributed by atoms with Gasteiger partial charge in [0.25, 0.3) is 5.56 Å². The Morgan fingerprint density at radius 2 is 2.03 bits per heavy atom. The molecule has 7 nitrogen and oxygen atoms in total. The van der Waals surface area contributed by atoms with Gasteiger partial charge in [0.2, 0.25) is 5.91 Å². The van der Waals surface area contributed by atoms with Gasteiger partial charge in [-0.25, -0.2) is 9.78 Å². The summed E-state index contributed by atoms with van der Waals surface area (Å²) >= 11 is 2.74. The number of imide groups is 1. The van der Waals surface area contributed by atoms with Crippen LogP contribution in [0.3, 0.4) is 0 Å². The van der Waals surface area contributed by atoms with Crippen molar-refractivity contribution in [2.75, 3.05) is 5.75 Å². The highest BCUT2D eigenvalue weighted by molar-refractivity contribution is 7.99. The van der Waals surface area contributed by atoms with Crippen molar-refractivity contribution in [3.05, 3.63) is 51.1 Å². The number of rotatable bonds is 5. The van der Waals surface area contributed by atoms with Gasteiger partial charge in [-0.05, 0) is 56.7 Å². The lowest BCUT2D eigenvalue weighted by Crippen LogP contribution is -2.43. The summed E-state index contributed by atoms with van der Waals surface area (Å²) in [7, 11) is 0. The van der Waals surface area contributed by atoms with Gasteiger partial charge in [-0.1, -0.05) is 36.9 Å². The maximum absolute atomic E-state index is 13.7. The van der Waals surface area contributed by atoms with Gasteiger partial charge in [-0.3, -0.25) is 19.5 Å². The molecule has 3 aromatic rings. The number of carbonyl (C=O) groups excluding carboxylic acids is 2. The van der Waals surface area contributed by atoms with E-state index < -0.39 is 11.9 Å². The van der Waals surface area contributed by atoms with E-state index in [0.29, 0.717) is 22.1 Å². The second-order valence-electron chi connectivity index (χ2n) is 8.37. The van der Waals surface area contributed by atoms with Crippen LogP contribution >= 0.6 is 23.1 Å². The summed E-state index contributed by atoms with van der Waals surface area (Å²) in [6.07, 6.45) is 2.93. The molecule has 0 saturated heterocycles. The van der Waals surface area contributed by atoms with Gasteiger partial charge in [0.1, 0.15) is 4.83 Å². The molecule has 0 saturated carbocycles. The number of urea groups is 1. The minimum Gasteiger partial charge on any atom is -0.336 e. The number of hydrogen-bond acceptors (Lipinski definition) is 6. The maximum Gasteiger partial charge on any atom is 0.321 e. The van der Waals surface area contributed by atoms with Crippen molar-refractivity contribution in [1.29, 1.82) is 0 Å². The van der Waals surface area contributed by atoms with E-state index in [2.05, 4.69) is 17.6 Å². The van der Waals surface area contributed by atoms with E-state index in [4.69, 9.17) is 4.98 Å². The van der Waals surface area contributed by atoms with Gasteiger partial charge in [0.05, 0.1) is 16.8 Å². The fraction of sp³-hybridized carbons (Fsp3) is 0.391. The highest BCUT2D eigenvalue weighted by Crippen LogP contribution is 2.36. The van der Waals surface area contributed by atoms with E-state index >= 15 is 0 Å². The highest BCUT2D eigenvalue weighted by Gasteiger charge is 2.25. The lowest BCUT2D eigenvalue weighted by atomic mass is 9.89. The molecule has 0 unspecified atom stereocenters. The maximum atomic E-state index is 13.7. The Kier molecular flexibility index (Phi) is 6.66. The molecule has 2 heterocycles. The van der Waals surface area contributed by atoms with E-state index in [1.807, 2.05) is 44.2 Å². The van der Waals surface area contributed by atoms with Crippen LogP contribution in [0, 0.1) is 5.92 Å². The molecule has 168 valence electrons. The van der Waals surface area contributed by atoms with E-state index in [1.165, 1.54) is 4.88 Å². The number of carbonyl (C=O) groups is 2. The normalized spacial score (nSPS) is 15.6. The van der Waals surface area contributed by atoms with E-state index in [1.54, 1.807) is 15.9 Å². The van der Waals surface area contributed by atoms with Crippen LogP contribution in [-0.4, -0.2) is 33.3 Å². The van der Waals surface area contributed by atoms with Crippen molar-refractivity contribution in [3.8, 4) is 5.69 Å². The molecule has 9 heteroatoms. The van der Waals surface area contributed by atoms with E-state index in [0.717, 1.165) is 41.4 Å². The molecule has 0 radical (unpaired) electrons. The minimum atomic E-state index is -0.533. The van der Waals surface area contributed by atoms with Crippen LogP contribution in [0.5, 0.6) is 0 Å². The van der Waals surface area contributed by atoms with Gasteiger partial charge in [-0.15, -0.1) is 11.3 Å². The molecule has 32 heavy (non-hydrogen) atoms. The summed E-state index contributed by atoms with van der Waals surface area (Å²) in [4.78, 5) is 44.5. The molecule has 4 rings (SSSR count). The second kappa shape index (κ2) is 9.46. The zero-order chi connectivity index (χ0) is 22.8. The number of fused-ring (bicyclic) bond motifs is 3. The van der Waals surface area contributed by atoms with Gasteiger partial charge >= 0.3 is 6.03 Å². The third-order valence-electron chi connectivity index (χ3n) is 5.32. The van der Waals surface area contributed by atoms with Crippen molar-refractivity contribution in [1.82, 2.24) is 20.2 Å². The monoisotopic (exact) mass is 470 g/mol. The molecule has 1 aliphatic rings. The number of amides is 3. The molecule has 2 aromatic heterocycles. The molecule has 0 fully saturated rings. The Morgan fingerprint density at radius 3 is 2.75 bits per heavy atom. The smallest absolute Gasteiger partial charge is 0.321 e. The van der Waals surface area contributed by atoms with Crippen LogP contribution in [0.15, 0.2) is 40.3 Å². The molecular weight excluding hydrogens is 444 g/mol. The summed E-state index contributed by atoms with van der Waals surface area (Å²) in [5.74, 6) is 0.126. The van der Waals surface area contributed by atoms with E-state index in [-0.39, 0.29) is 17.4 Å². The fourth-order valence-corrected chi connectivity index (χ4v) is 6.10. The number of thioether (sulfide) groups is 1. The quantitative estimate of drug-likeness (QED) is 0.436. The summed E-state index contributed by atoms with van der Waals surface area (Å²) in [6.45, 7) is 5.87. The topological polar surface area (TPSA) is 93.1 Å². The van der Waals surface area contributed by atoms with Crippen LogP contribution in [0.1, 0.15) is 37.6 Å². The molecule has 2 N–H and O–H groups in total. The predicted octanol–water partition coefficient (Wildman–Crippen LogP) is 3.90. The first-order chi connectivity index (χ1) is 15.3. The summed E-state index contributed by atoms with van der Waals surface area (Å²) < 4.78 is 1.58. The number of nitrogens with one attached hydrogen (secondary N) is 2. The molecule has 1 aliphatic carbocycles. The number of thiophene rings is 1. The van der Waals surface area contributed by atoms with Crippen LogP contribution < -0.4 is 16.2 Å². The lowest BCUT2D eigenvalue weighted by molar-refractivity contribution is -0.117. The van der Waals surface area contributed by atoms with Crippen LogP contribution in [0.2, 0.25) is 0 Å². The van der Waals surface area contributed by atoms with Crippen LogP contribution in [-0.2, 0) is 17.6 Å².